The minimum atomic E-state index is -0.257. The second-order valence-corrected chi connectivity index (χ2v) is 8.09. The second-order valence-electron chi connectivity index (χ2n) is 7.17. The molecule has 1 amide bonds. The summed E-state index contributed by atoms with van der Waals surface area (Å²) in [4.78, 5) is 26.8. The van der Waals surface area contributed by atoms with Gasteiger partial charge in [0.05, 0.1) is 22.4 Å². The third kappa shape index (κ3) is 4.13. The van der Waals surface area contributed by atoms with E-state index in [9.17, 15) is 4.79 Å². The van der Waals surface area contributed by atoms with E-state index < -0.39 is 0 Å². The van der Waals surface area contributed by atoms with Crippen LogP contribution in [0.15, 0.2) is 102 Å². The van der Waals surface area contributed by atoms with E-state index in [1.54, 1.807) is 30.5 Å². The van der Waals surface area contributed by atoms with Crippen LogP contribution in [0.5, 0.6) is 0 Å². The highest BCUT2D eigenvalue weighted by atomic mass is 79.9. The Morgan fingerprint density at radius 1 is 0.719 bits per heavy atom. The molecule has 0 saturated carbocycles. The molecular weight excluding hydrogens is 464 g/mol. The second kappa shape index (κ2) is 8.69. The number of pyridine rings is 1. The number of hydrogen-bond donors (Lipinski definition) is 1. The van der Waals surface area contributed by atoms with Crippen LogP contribution in [0.4, 0.5) is 5.82 Å². The molecule has 0 aliphatic rings. The molecule has 0 bridgehead atoms. The first-order chi connectivity index (χ1) is 15.7. The molecule has 0 saturated heterocycles. The molecule has 0 fully saturated rings. The van der Waals surface area contributed by atoms with Crippen LogP contribution in [0, 0.1) is 0 Å². The molecule has 154 valence electrons. The molecule has 3 aromatic carbocycles. The van der Waals surface area contributed by atoms with Crippen LogP contribution in [0.1, 0.15) is 10.4 Å². The molecule has 5 rings (SSSR count). The van der Waals surface area contributed by atoms with Crippen molar-refractivity contribution in [1.29, 1.82) is 0 Å². The first-order valence-electron chi connectivity index (χ1n) is 10.0. The molecule has 1 N–H and O–H groups in total. The van der Waals surface area contributed by atoms with Crippen molar-refractivity contribution in [3.05, 3.63) is 107 Å². The Hall–Kier alpha value is -3.90. The van der Waals surface area contributed by atoms with Crippen LogP contribution in [0.3, 0.4) is 0 Å². The Balaban J connectivity index is 1.59. The van der Waals surface area contributed by atoms with Crippen molar-refractivity contribution < 1.29 is 4.79 Å². The molecule has 0 atom stereocenters. The number of hydrogen-bond acceptors (Lipinski definition) is 4. The number of carbonyl (C=O) groups is 1. The number of benzene rings is 3. The lowest BCUT2D eigenvalue weighted by Gasteiger charge is -2.11. The predicted molar refractivity (Wildman–Crippen MR) is 130 cm³/mol. The quantitative estimate of drug-likeness (QED) is 0.324. The van der Waals surface area contributed by atoms with Crippen LogP contribution >= 0.6 is 15.9 Å². The molecule has 0 spiro atoms. The number of fused-ring (bicyclic) bond motifs is 1. The van der Waals surface area contributed by atoms with E-state index >= 15 is 0 Å². The van der Waals surface area contributed by atoms with E-state index in [2.05, 4.69) is 26.2 Å². The van der Waals surface area contributed by atoms with Crippen molar-refractivity contribution in [1.82, 2.24) is 15.0 Å². The van der Waals surface area contributed by atoms with Crippen molar-refractivity contribution in [3.63, 3.8) is 0 Å². The van der Waals surface area contributed by atoms with Gasteiger partial charge >= 0.3 is 0 Å². The van der Waals surface area contributed by atoms with E-state index in [0.29, 0.717) is 16.9 Å². The number of aromatic nitrogens is 3. The Labute approximate surface area is 193 Å². The minimum absolute atomic E-state index is 0.257. The minimum Gasteiger partial charge on any atom is -0.307 e. The summed E-state index contributed by atoms with van der Waals surface area (Å²) in [6.45, 7) is 0. The maximum Gasteiger partial charge on any atom is 0.256 e. The molecule has 5 aromatic rings. The van der Waals surface area contributed by atoms with Crippen molar-refractivity contribution in [2.24, 2.45) is 0 Å². The maximum atomic E-state index is 12.8. The van der Waals surface area contributed by atoms with Crippen molar-refractivity contribution >= 4 is 38.7 Å². The SMILES string of the molecule is O=C(Nc1cc(Br)ccn1)c1ccc2nc(-c3ccccc3)c(-c3ccccc3)nc2c1. The molecule has 6 heteroatoms. The van der Waals surface area contributed by atoms with Gasteiger partial charge in [0.1, 0.15) is 5.82 Å². The van der Waals surface area contributed by atoms with Gasteiger partial charge < -0.3 is 5.32 Å². The standard InChI is InChI=1S/C26H17BrN4O/c27-20-13-14-28-23(16-20)31-26(32)19-11-12-21-22(15-19)30-25(18-9-5-2-6-10-18)24(29-21)17-7-3-1-4-8-17/h1-16H,(H,28,31,32). The van der Waals surface area contributed by atoms with Crippen LogP contribution in [0.25, 0.3) is 33.5 Å². The fourth-order valence-electron chi connectivity index (χ4n) is 3.45. The van der Waals surface area contributed by atoms with Crippen LogP contribution in [-0.2, 0) is 0 Å². The van der Waals surface area contributed by atoms with Gasteiger partial charge in [0, 0.05) is 27.4 Å². The van der Waals surface area contributed by atoms with Crippen molar-refractivity contribution in [3.8, 4) is 22.5 Å². The highest BCUT2D eigenvalue weighted by molar-refractivity contribution is 9.10. The Bertz CT molecular complexity index is 1420. The average Bonchev–Trinajstić information content (AvgIpc) is 2.84. The highest BCUT2D eigenvalue weighted by Gasteiger charge is 2.15. The Kier molecular flexibility index (Phi) is 5.44. The summed E-state index contributed by atoms with van der Waals surface area (Å²) in [6.07, 6.45) is 1.63. The smallest absolute Gasteiger partial charge is 0.256 e. The Morgan fingerprint density at radius 3 is 1.97 bits per heavy atom. The van der Waals surface area contributed by atoms with Gasteiger partial charge in [0.25, 0.3) is 5.91 Å². The molecular formula is C26H17BrN4O. The lowest BCUT2D eigenvalue weighted by molar-refractivity contribution is 0.102. The summed E-state index contributed by atoms with van der Waals surface area (Å²) in [6, 6.07) is 28.8. The van der Waals surface area contributed by atoms with Crippen LogP contribution in [-0.4, -0.2) is 20.9 Å². The summed E-state index contributed by atoms with van der Waals surface area (Å²) in [7, 11) is 0. The lowest BCUT2D eigenvalue weighted by Crippen LogP contribution is -2.13. The molecule has 2 aromatic heterocycles. The number of rotatable bonds is 4. The van der Waals surface area contributed by atoms with Gasteiger partial charge in [0.2, 0.25) is 0 Å². The van der Waals surface area contributed by atoms with E-state index in [1.165, 1.54) is 0 Å². The highest BCUT2D eigenvalue weighted by Crippen LogP contribution is 2.31. The first-order valence-corrected chi connectivity index (χ1v) is 10.8. The number of halogens is 1. The van der Waals surface area contributed by atoms with Gasteiger partial charge in [-0.05, 0) is 30.3 Å². The molecule has 0 aliphatic carbocycles. The zero-order valence-corrected chi connectivity index (χ0v) is 18.5. The summed E-state index contributed by atoms with van der Waals surface area (Å²) in [5, 5.41) is 2.82. The molecule has 0 unspecified atom stereocenters. The van der Waals surface area contributed by atoms with Gasteiger partial charge in [-0.25, -0.2) is 15.0 Å². The van der Waals surface area contributed by atoms with Gasteiger partial charge in [0.15, 0.2) is 0 Å². The molecule has 5 nitrogen and oxygen atoms in total. The summed E-state index contributed by atoms with van der Waals surface area (Å²) < 4.78 is 0.841. The van der Waals surface area contributed by atoms with Gasteiger partial charge in [-0.1, -0.05) is 76.6 Å². The third-order valence-corrected chi connectivity index (χ3v) is 5.48. The van der Waals surface area contributed by atoms with Crippen LogP contribution < -0.4 is 5.32 Å². The topological polar surface area (TPSA) is 67.8 Å². The van der Waals surface area contributed by atoms with E-state index in [1.807, 2.05) is 66.7 Å². The fraction of sp³-hybridized carbons (Fsp3) is 0. The molecule has 0 radical (unpaired) electrons. The monoisotopic (exact) mass is 480 g/mol. The van der Waals surface area contributed by atoms with Gasteiger partial charge in [-0.3, -0.25) is 4.79 Å². The Morgan fingerprint density at radius 2 is 1.34 bits per heavy atom. The first kappa shape index (κ1) is 20.0. The van der Waals surface area contributed by atoms with Crippen molar-refractivity contribution in [2.45, 2.75) is 0 Å². The summed E-state index contributed by atoms with van der Waals surface area (Å²) in [5.41, 5.74) is 5.40. The number of anilines is 1. The third-order valence-electron chi connectivity index (χ3n) is 4.98. The number of nitrogens with zero attached hydrogens (tertiary/aromatic N) is 3. The van der Waals surface area contributed by atoms with Gasteiger partial charge in [-0.2, -0.15) is 0 Å². The normalized spacial score (nSPS) is 10.8. The molecule has 32 heavy (non-hydrogen) atoms. The number of nitrogens with one attached hydrogen (secondary N) is 1. The number of amides is 1. The maximum absolute atomic E-state index is 12.8. The molecule has 2 heterocycles. The zero-order chi connectivity index (χ0) is 21.9. The van der Waals surface area contributed by atoms with Crippen LogP contribution in [0.2, 0.25) is 0 Å². The van der Waals surface area contributed by atoms with Crippen molar-refractivity contribution in [2.75, 3.05) is 5.32 Å². The predicted octanol–water partition coefficient (Wildman–Crippen LogP) is 6.37. The van der Waals surface area contributed by atoms with Gasteiger partial charge in [-0.15, -0.1) is 0 Å². The van der Waals surface area contributed by atoms with E-state index in [-0.39, 0.29) is 5.91 Å². The zero-order valence-electron chi connectivity index (χ0n) is 16.9. The van der Waals surface area contributed by atoms with E-state index in [4.69, 9.17) is 9.97 Å². The number of carbonyl (C=O) groups excluding carboxylic acids is 1. The fourth-order valence-corrected chi connectivity index (χ4v) is 3.79. The lowest BCUT2D eigenvalue weighted by atomic mass is 10.0. The molecule has 0 aliphatic heterocycles. The summed E-state index contributed by atoms with van der Waals surface area (Å²) >= 11 is 3.39. The average molecular weight is 481 g/mol. The summed E-state index contributed by atoms with van der Waals surface area (Å²) in [5.74, 6) is 0.215. The van der Waals surface area contributed by atoms with E-state index in [0.717, 1.165) is 32.5 Å². The largest absolute Gasteiger partial charge is 0.307 e.